The number of nitrogens with zero attached hydrogens (tertiary/aromatic N) is 1. The number of methoxy groups -OCH3 is 1. The average molecular weight is 356 g/mol. The third-order valence-electron chi connectivity index (χ3n) is 3.75. The first kappa shape index (κ1) is 19.5. The minimum Gasteiger partial charge on any atom is -0.452 e. The molecule has 0 aromatic heterocycles. The van der Waals surface area contributed by atoms with Gasteiger partial charge in [-0.15, -0.1) is 0 Å². The van der Waals surface area contributed by atoms with Crippen LogP contribution >= 0.6 is 0 Å². The lowest BCUT2D eigenvalue weighted by atomic mass is 10.1. The summed E-state index contributed by atoms with van der Waals surface area (Å²) in [4.78, 5) is 25.9. The smallest absolute Gasteiger partial charge is 0.338 e. The van der Waals surface area contributed by atoms with E-state index in [1.54, 1.807) is 25.3 Å². The maximum atomic E-state index is 12.0. The Hall–Kier alpha value is -2.86. The summed E-state index contributed by atoms with van der Waals surface area (Å²) in [6, 6.07) is 14.8. The molecule has 0 saturated carbocycles. The van der Waals surface area contributed by atoms with Crippen molar-refractivity contribution in [2.45, 2.75) is 13.2 Å². The van der Waals surface area contributed by atoms with E-state index in [9.17, 15) is 9.59 Å². The third-order valence-corrected chi connectivity index (χ3v) is 3.75. The lowest BCUT2D eigenvalue weighted by Gasteiger charge is -2.13. The molecule has 6 nitrogen and oxygen atoms in total. The summed E-state index contributed by atoms with van der Waals surface area (Å²) < 4.78 is 10.1. The Morgan fingerprint density at radius 3 is 2.42 bits per heavy atom. The average Bonchev–Trinajstić information content (AvgIpc) is 2.65. The van der Waals surface area contributed by atoms with Crippen LogP contribution < -0.4 is 10.2 Å². The number of hydrogen-bond acceptors (Lipinski definition) is 5. The van der Waals surface area contributed by atoms with Crippen LogP contribution in [0.4, 0.5) is 5.69 Å². The number of nitrogens with one attached hydrogen (secondary N) is 1. The quantitative estimate of drug-likeness (QED) is 0.736. The molecular weight excluding hydrogens is 332 g/mol. The predicted molar refractivity (Wildman–Crippen MR) is 100 cm³/mol. The predicted octanol–water partition coefficient (Wildman–Crippen LogP) is 2.37. The van der Waals surface area contributed by atoms with Crippen LogP contribution in [0, 0.1) is 0 Å². The van der Waals surface area contributed by atoms with Gasteiger partial charge in [0.1, 0.15) is 0 Å². The fraction of sp³-hybridized carbons (Fsp3) is 0.300. The van der Waals surface area contributed by atoms with Crippen LogP contribution in [0.2, 0.25) is 0 Å². The van der Waals surface area contributed by atoms with Crippen LogP contribution in [0.15, 0.2) is 48.5 Å². The molecule has 6 heteroatoms. The van der Waals surface area contributed by atoms with E-state index in [1.807, 2.05) is 49.3 Å². The molecule has 0 radical (unpaired) electrons. The van der Waals surface area contributed by atoms with Gasteiger partial charge in [0.25, 0.3) is 5.91 Å². The SMILES string of the molecule is COCc1cccc(C(=O)OCC(=O)NCc2ccc(N(C)C)cc2)c1. The van der Waals surface area contributed by atoms with E-state index in [-0.39, 0.29) is 12.5 Å². The molecule has 138 valence electrons. The van der Waals surface area contributed by atoms with Crippen LogP contribution in [0.3, 0.4) is 0 Å². The lowest BCUT2D eigenvalue weighted by Crippen LogP contribution is -2.28. The largest absolute Gasteiger partial charge is 0.452 e. The standard InChI is InChI=1S/C20H24N2O4/c1-22(2)18-9-7-15(8-10-18)12-21-19(23)14-26-20(24)17-6-4-5-16(11-17)13-25-3/h4-11H,12-14H2,1-3H3,(H,21,23). The van der Waals surface area contributed by atoms with Gasteiger partial charge < -0.3 is 19.7 Å². The fourth-order valence-corrected chi connectivity index (χ4v) is 2.33. The lowest BCUT2D eigenvalue weighted by molar-refractivity contribution is -0.124. The number of esters is 1. The van der Waals surface area contributed by atoms with Crippen molar-refractivity contribution in [3.8, 4) is 0 Å². The van der Waals surface area contributed by atoms with E-state index >= 15 is 0 Å². The number of carbonyl (C=O) groups is 2. The van der Waals surface area contributed by atoms with Crippen molar-refractivity contribution < 1.29 is 19.1 Å². The summed E-state index contributed by atoms with van der Waals surface area (Å²) in [5.41, 5.74) is 3.33. The van der Waals surface area contributed by atoms with Gasteiger partial charge in [0.05, 0.1) is 12.2 Å². The first-order valence-corrected chi connectivity index (χ1v) is 8.27. The Bertz CT molecular complexity index is 742. The Balaban J connectivity index is 1.79. The van der Waals surface area contributed by atoms with Crippen molar-refractivity contribution in [2.24, 2.45) is 0 Å². The van der Waals surface area contributed by atoms with Gasteiger partial charge in [-0.25, -0.2) is 4.79 Å². The van der Waals surface area contributed by atoms with Gasteiger partial charge in [0, 0.05) is 33.4 Å². The molecule has 1 N–H and O–H groups in total. The maximum Gasteiger partial charge on any atom is 0.338 e. The molecule has 0 atom stereocenters. The van der Waals surface area contributed by atoms with Crippen molar-refractivity contribution in [1.29, 1.82) is 0 Å². The van der Waals surface area contributed by atoms with Gasteiger partial charge in [-0.1, -0.05) is 24.3 Å². The van der Waals surface area contributed by atoms with Crippen LogP contribution in [0.1, 0.15) is 21.5 Å². The Labute approximate surface area is 153 Å². The summed E-state index contributed by atoms with van der Waals surface area (Å²) in [5.74, 6) is -0.878. The van der Waals surface area contributed by atoms with Crippen molar-refractivity contribution >= 4 is 17.6 Å². The zero-order valence-corrected chi connectivity index (χ0v) is 15.3. The molecule has 0 heterocycles. The van der Waals surface area contributed by atoms with E-state index in [1.165, 1.54) is 0 Å². The first-order valence-electron chi connectivity index (χ1n) is 8.27. The van der Waals surface area contributed by atoms with Crippen molar-refractivity contribution in [3.63, 3.8) is 0 Å². The molecule has 0 bridgehead atoms. The molecular formula is C20H24N2O4. The highest BCUT2D eigenvalue weighted by Crippen LogP contribution is 2.12. The third kappa shape index (κ3) is 5.89. The molecule has 0 aliphatic carbocycles. The number of hydrogen-bond donors (Lipinski definition) is 1. The molecule has 0 aliphatic rings. The van der Waals surface area contributed by atoms with Gasteiger partial charge in [-0.05, 0) is 35.4 Å². The van der Waals surface area contributed by atoms with Gasteiger partial charge in [-0.2, -0.15) is 0 Å². The van der Waals surface area contributed by atoms with Gasteiger partial charge in [0.15, 0.2) is 6.61 Å². The molecule has 2 aromatic rings. The van der Waals surface area contributed by atoms with Gasteiger partial charge >= 0.3 is 5.97 Å². The van der Waals surface area contributed by atoms with Crippen molar-refractivity contribution in [2.75, 3.05) is 32.7 Å². The molecule has 2 rings (SSSR count). The van der Waals surface area contributed by atoms with E-state index in [4.69, 9.17) is 9.47 Å². The first-order chi connectivity index (χ1) is 12.5. The summed E-state index contributed by atoms with van der Waals surface area (Å²) in [6.07, 6.45) is 0. The van der Waals surface area contributed by atoms with E-state index in [2.05, 4.69) is 5.32 Å². The number of benzene rings is 2. The number of ether oxygens (including phenoxy) is 2. The summed E-state index contributed by atoms with van der Waals surface area (Å²) in [6.45, 7) is 0.477. The molecule has 0 saturated heterocycles. The molecule has 0 spiro atoms. The van der Waals surface area contributed by atoms with Crippen LogP contribution in [0.5, 0.6) is 0 Å². The van der Waals surface area contributed by atoms with Crippen LogP contribution in [-0.2, 0) is 27.4 Å². The summed E-state index contributed by atoms with van der Waals surface area (Å²) >= 11 is 0. The maximum absolute atomic E-state index is 12.0. The second-order valence-electron chi connectivity index (χ2n) is 6.05. The molecule has 0 unspecified atom stereocenters. The van der Waals surface area contributed by atoms with Gasteiger partial charge in [0.2, 0.25) is 0 Å². The van der Waals surface area contributed by atoms with E-state index in [0.717, 1.165) is 16.8 Å². The minimum atomic E-state index is -0.534. The Morgan fingerprint density at radius 2 is 1.77 bits per heavy atom. The highest BCUT2D eigenvalue weighted by atomic mass is 16.5. The zero-order chi connectivity index (χ0) is 18.9. The topological polar surface area (TPSA) is 67.9 Å². The minimum absolute atomic E-state index is 0.316. The highest BCUT2D eigenvalue weighted by Gasteiger charge is 2.10. The normalized spacial score (nSPS) is 10.3. The zero-order valence-electron chi connectivity index (χ0n) is 15.3. The van der Waals surface area contributed by atoms with E-state index < -0.39 is 5.97 Å². The Kier molecular flexibility index (Phi) is 7.17. The second kappa shape index (κ2) is 9.58. The highest BCUT2D eigenvalue weighted by molar-refractivity contribution is 5.91. The second-order valence-corrected chi connectivity index (χ2v) is 6.05. The van der Waals surface area contributed by atoms with Crippen LogP contribution in [-0.4, -0.2) is 39.7 Å². The summed E-state index contributed by atoms with van der Waals surface area (Å²) in [5, 5.41) is 2.74. The van der Waals surface area contributed by atoms with Crippen molar-refractivity contribution in [1.82, 2.24) is 5.32 Å². The molecule has 1 amide bonds. The number of carbonyl (C=O) groups excluding carboxylic acids is 2. The molecule has 0 aliphatic heterocycles. The fourth-order valence-electron chi connectivity index (χ4n) is 2.33. The summed E-state index contributed by atoms with van der Waals surface area (Å²) in [7, 11) is 5.52. The number of amides is 1. The van der Waals surface area contributed by atoms with Gasteiger partial charge in [-0.3, -0.25) is 4.79 Å². The molecule has 2 aromatic carbocycles. The molecule has 0 fully saturated rings. The van der Waals surface area contributed by atoms with E-state index in [0.29, 0.717) is 18.7 Å². The molecule has 26 heavy (non-hydrogen) atoms. The monoisotopic (exact) mass is 356 g/mol. The number of rotatable bonds is 8. The van der Waals surface area contributed by atoms with Crippen molar-refractivity contribution in [3.05, 3.63) is 65.2 Å². The number of anilines is 1. The van der Waals surface area contributed by atoms with Crippen LogP contribution in [0.25, 0.3) is 0 Å². The Morgan fingerprint density at radius 1 is 1.04 bits per heavy atom.